The highest BCUT2D eigenvalue weighted by Gasteiger charge is 2.26. The first kappa shape index (κ1) is 15.3. The smallest absolute Gasteiger partial charge is 0.277 e. The molecule has 0 unspecified atom stereocenters. The van der Waals surface area contributed by atoms with E-state index in [0.717, 1.165) is 23.5 Å². The van der Waals surface area contributed by atoms with Gasteiger partial charge in [0.2, 0.25) is 5.95 Å². The van der Waals surface area contributed by atoms with Crippen molar-refractivity contribution in [3.63, 3.8) is 0 Å². The van der Waals surface area contributed by atoms with Crippen molar-refractivity contribution in [2.24, 2.45) is 0 Å². The Hall–Kier alpha value is -3.21. The van der Waals surface area contributed by atoms with Gasteiger partial charge < -0.3 is 10.2 Å². The van der Waals surface area contributed by atoms with Crippen LogP contribution in [0, 0.1) is 6.92 Å². The molecular formula is C20H18N4O. The summed E-state index contributed by atoms with van der Waals surface area (Å²) < 4.78 is 0. The van der Waals surface area contributed by atoms with Gasteiger partial charge in [0.25, 0.3) is 5.91 Å². The van der Waals surface area contributed by atoms with Gasteiger partial charge in [-0.15, -0.1) is 0 Å². The molecule has 1 aliphatic heterocycles. The Morgan fingerprint density at radius 2 is 1.80 bits per heavy atom. The molecule has 0 radical (unpaired) electrons. The van der Waals surface area contributed by atoms with Crippen LogP contribution in [-0.2, 0) is 6.42 Å². The number of hydrogen-bond donors (Lipinski definition) is 1. The van der Waals surface area contributed by atoms with E-state index < -0.39 is 0 Å². The number of benzene rings is 2. The van der Waals surface area contributed by atoms with Crippen LogP contribution in [0.25, 0.3) is 0 Å². The third-order valence-corrected chi connectivity index (χ3v) is 4.24. The molecule has 0 saturated heterocycles. The fourth-order valence-electron chi connectivity index (χ4n) is 3.07. The summed E-state index contributed by atoms with van der Waals surface area (Å²) in [7, 11) is 0. The summed E-state index contributed by atoms with van der Waals surface area (Å²) >= 11 is 0. The van der Waals surface area contributed by atoms with Crippen molar-refractivity contribution in [3.05, 3.63) is 77.6 Å². The molecule has 0 atom stereocenters. The first-order chi connectivity index (χ1) is 12.2. The first-order valence-corrected chi connectivity index (χ1v) is 8.28. The number of anilines is 3. The molecule has 1 aromatic heterocycles. The molecule has 0 bridgehead atoms. The predicted octanol–water partition coefficient (Wildman–Crippen LogP) is 3.73. The van der Waals surface area contributed by atoms with Gasteiger partial charge in [0, 0.05) is 23.6 Å². The zero-order valence-electron chi connectivity index (χ0n) is 13.9. The molecule has 1 N–H and O–H groups in total. The molecule has 0 aliphatic carbocycles. The molecule has 5 heteroatoms. The number of fused-ring (bicyclic) bond motifs is 1. The van der Waals surface area contributed by atoms with Crippen LogP contribution in [0.15, 0.2) is 60.7 Å². The van der Waals surface area contributed by atoms with Crippen molar-refractivity contribution in [1.82, 2.24) is 9.97 Å². The zero-order valence-corrected chi connectivity index (χ0v) is 13.9. The second kappa shape index (κ2) is 6.36. The standard InChI is InChI=1S/C20H18N4O/c1-14-13-17(23-20(21-14)22-16-8-3-2-4-9-16)19(25)24-12-11-15-7-5-6-10-18(15)24/h2-10,13H,11-12H2,1H3,(H,21,22,23). The number of carbonyl (C=O) groups is 1. The molecule has 0 spiro atoms. The lowest BCUT2D eigenvalue weighted by Gasteiger charge is -2.17. The number of amides is 1. The van der Waals surface area contributed by atoms with Crippen molar-refractivity contribution in [2.45, 2.75) is 13.3 Å². The minimum Gasteiger partial charge on any atom is -0.324 e. The molecule has 0 fully saturated rings. The normalized spacial score (nSPS) is 12.8. The maximum atomic E-state index is 13.0. The summed E-state index contributed by atoms with van der Waals surface area (Å²) in [6.45, 7) is 2.55. The van der Waals surface area contributed by atoms with Gasteiger partial charge in [-0.3, -0.25) is 4.79 Å². The Kier molecular flexibility index (Phi) is 3.90. The fourth-order valence-corrected chi connectivity index (χ4v) is 3.07. The summed E-state index contributed by atoms with van der Waals surface area (Å²) in [5.74, 6) is 0.341. The lowest BCUT2D eigenvalue weighted by molar-refractivity contribution is 0.0984. The van der Waals surface area contributed by atoms with Crippen molar-refractivity contribution >= 4 is 23.2 Å². The summed E-state index contributed by atoms with van der Waals surface area (Å²) in [5.41, 5.74) is 4.22. The average molecular weight is 330 g/mol. The van der Waals surface area contributed by atoms with Crippen molar-refractivity contribution in [2.75, 3.05) is 16.8 Å². The molecule has 4 rings (SSSR count). The van der Waals surface area contributed by atoms with Crippen LogP contribution in [0.5, 0.6) is 0 Å². The van der Waals surface area contributed by atoms with E-state index >= 15 is 0 Å². The Morgan fingerprint density at radius 1 is 1.04 bits per heavy atom. The van der Waals surface area contributed by atoms with E-state index in [1.807, 2.05) is 55.5 Å². The first-order valence-electron chi connectivity index (χ1n) is 8.28. The van der Waals surface area contributed by atoms with Crippen molar-refractivity contribution < 1.29 is 4.79 Å². The Morgan fingerprint density at radius 3 is 2.64 bits per heavy atom. The monoisotopic (exact) mass is 330 g/mol. The van der Waals surface area contributed by atoms with Crippen LogP contribution in [0.4, 0.5) is 17.3 Å². The Labute approximate surface area is 146 Å². The van der Waals surface area contributed by atoms with Crippen LogP contribution >= 0.6 is 0 Å². The molecule has 1 aliphatic rings. The number of rotatable bonds is 3. The second-order valence-electron chi connectivity index (χ2n) is 6.04. The molecule has 5 nitrogen and oxygen atoms in total. The van der Waals surface area contributed by atoms with Crippen LogP contribution in [0.3, 0.4) is 0 Å². The highest BCUT2D eigenvalue weighted by atomic mass is 16.2. The minimum absolute atomic E-state index is 0.0911. The van der Waals surface area contributed by atoms with Gasteiger partial charge in [0.15, 0.2) is 0 Å². The number of carbonyl (C=O) groups excluding carboxylic acids is 1. The van der Waals surface area contributed by atoms with Crippen molar-refractivity contribution in [3.8, 4) is 0 Å². The van der Waals surface area contributed by atoms with E-state index in [1.165, 1.54) is 5.56 Å². The highest BCUT2D eigenvalue weighted by Crippen LogP contribution is 2.28. The van der Waals surface area contributed by atoms with E-state index in [-0.39, 0.29) is 5.91 Å². The molecule has 3 aromatic rings. The SMILES string of the molecule is Cc1cc(C(=O)N2CCc3ccccc32)nc(Nc2ccccc2)n1. The van der Waals surface area contributed by atoms with Crippen LogP contribution in [-0.4, -0.2) is 22.4 Å². The van der Waals surface area contributed by atoms with E-state index in [9.17, 15) is 4.79 Å². The summed E-state index contributed by atoms with van der Waals surface area (Å²) in [6, 6.07) is 19.4. The third kappa shape index (κ3) is 3.08. The summed E-state index contributed by atoms with van der Waals surface area (Å²) in [6.07, 6.45) is 0.876. The minimum atomic E-state index is -0.0911. The van der Waals surface area contributed by atoms with Crippen molar-refractivity contribution in [1.29, 1.82) is 0 Å². The second-order valence-corrected chi connectivity index (χ2v) is 6.04. The average Bonchev–Trinajstić information content (AvgIpc) is 3.05. The predicted molar refractivity (Wildman–Crippen MR) is 98.3 cm³/mol. The van der Waals surface area contributed by atoms with Gasteiger partial charge in [-0.05, 0) is 43.2 Å². The quantitative estimate of drug-likeness (QED) is 0.795. The lowest BCUT2D eigenvalue weighted by Crippen LogP contribution is -2.30. The molecule has 1 amide bonds. The van der Waals surface area contributed by atoms with Gasteiger partial charge in [-0.1, -0.05) is 36.4 Å². The fraction of sp³-hybridized carbons (Fsp3) is 0.150. The Balaban J connectivity index is 1.63. The lowest BCUT2D eigenvalue weighted by atomic mass is 10.2. The van der Waals surface area contributed by atoms with Gasteiger partial charge in [0.05, 0.1) is 0 Å². The summed E-state index contributed by atoms with van der Waals surface area (Å²) in [4.78, 5) is 23.6. The highest BCUT2D eigenvalue weighted by molar-refractivity contribution is 6.06. The zero-order chi connectivity index (χ0) is 17.2. The number of nitrogens with zero attached hydrogens (tertiary/aromatic N) is 3. The van der Waals surface area contributed by atoms with E-state index in [2.05, 4.69) is 21.4 Å². The van der Waals surface area contributed by atoms with Gasteiger partial charge in [0.1, 0.15) is 5.69 Å². The summed E-state index contributed by atoms with van der Waals surface area (Å²) in [5, 5.41) is 3.16. The Bertz CT molecular complexity index is 924. The number of hydrogen-bond acceptors (Lipinski definition) is 4. The molecule has 124 valence electrons. The van der Waals surface area contributed by atoms with E-state index in [4.69, 9.17) is 0 Å². The van der Waals surface area contributed by atoms with E-state index in [1.54, 1.807) is 11.0 Å². The maximum Gasteiger partial charge on any atom is 0.277 e. The van der Waals surface area contributed by atoms with Gasteiger partial charge >= 0.3 is 0 Å². The number of aryl methyl sites for hydroxylation is 1. The number of aromatic nitrogens is 2. The van der Waals surface area contributed by atoms with Crippen LogP contribution in [0.2, 0.25) is 0 Å². The number of para-hydroxylation sites is 2. The largest absolute Gasteiger partial charge is 0.324 e. The van der Waals surface area contributed by atoms with Gasteiger partial charge in [-0.2, -0.15) is 0 Å². The number of nitrogens with one attached hydrogen (secondary N) is 1. The molecule has 0 saturated carbocycles. The maximum absolute atomic E-state index is 13.0. The topological polar surface area (TPSA) is 58.1 Å². The van der Waals surface area contributed by atoms with Gasteiger partial charge in [-0.25, -0.2) is 9.97 Å². The third-order valence-electron chi connectivity index (χ3n) is 4.24. The molecule has 25 heavy (non-hydrogen) atoms. The van der Waals surface area contributed by atoms with E-state index in [0.29, 0.717) is 18.2 Å². The molecular weight excluding hydrogens is 312 g/mol. The van der Waals surface area contributed by atoms with Crippen LogP contribution in [0.1, 0.15) is 21.7 Å². The van der Waals surface area contributed by atoms with Crippen LogP contribution < -0.4 is 10.2 Å². The molecule has 2 heterocycles. The molecule has 2 aromatic carbocycles.